The Balaban J connectivity index is 1.79. The summed E-state index contributed by atoms with van der Waals surface area (Å²) < 4.78 is 61.7. The number of nitrogens with zero attached hydrogens (tertiary/aromatic N) is 2. The fourth-order valence-corrected chi connectivity index (χ4v) is 6.15. The predicted octanol–water partition coefficient (Wildman–Crippen LogP) is 5.33. The van der Waals surface area contributed by atoms with Gasteiger partial charge in [-0.25, -0.2) is 17.2 Å². The third-order valence-electron chi connectivity index (χ3n) is 7.01. The first kappa shape index (κ1) is 33.1. The van der Waals surface area contributed by atoms with Gasteiger partial charge in [0.15, 0.2) is 0 Å². The van der Waals surface area contributed by atoms with E-state index in [1.165, 1.54) is 72.7 Å². The molecule has 0 spiro atoms. The summed E-state index contributed by atoms with van der Waals surface area (Å²) in [6, 6.07) is 23.7. The SMILES string of the molecule is COc1ccc(S(=O)(=O)N(CC(=O)N(Cc2ccc(F)cc2)C(Cc2ccccc2)C(=O)NC(C)C)c2ccc(F)cc2)cc1. The molecule has 1 unspecified atom stereocenters. The molecule has 1 atom stereocenters. The summed E-state index contributed by atoms with van der Waals surface area (Å²) in [6.07, 6.45) is 0.133. The number of benzene rings is 4. The second-order valence-corrected chi connectivity index (χ2v) is 12.5. The van der Waals surface area contributed by atoms with Crippen LogP contribution >= 0.6 is 0 Å². The molecular formula is C34H35F2N3O5S. The van der Waals surface area contributed by atoms with Crippen LogP contribution in [0.3, 0.4) is 0 Å². The van der Waals surface area contributed by atoms with Gasteiger partial charge < -0.3 is 15.0 Å². The average molecular weight is 636 g/mol. The minimum absolute atomic E-state index is 0.0496. The highest BCUT2D eigenvalue weighted by atomic mass is 32.2. The number of methoxy groups -OCH3 is 1. The van der Waals surface area contributed by atoms with E-state index in [9.17, 15) is 26.8 Å². The van der Waals surface area contributed by atoms with Gasteiger partial charge in [0.05, 0.1) is 17.7 Å². The van der Waals surface area contributed by atoms with Crippen molar-refractivity contribution in [2.75, 3.05) is 18.0 Å². The molecule has 45 heavy (non-hydrogen) atoms. The quantitative estimate of drug-likeness (QED) is 0.214. The lowest BCUT2D eigenvalue weighted by Gasteiger charge is -2.34. The molecule has 0 saturated heterocycles. The van der Waals surface area contributed by atoms with Gasteiger partial charge in [0.1, 0.15) is 30.0 Å². The Kier molecular flexibility index (Phi) is 10.9. The molecule has 0 aliphatic heterocycles. The van der Waals surface area contributed by atoms with Crippen molar-refractivity contribution < 1.29 is 31.5 Å². The molecule has 4 aromatic carbocycles. The Labute approximate surface area is 262 Å². The first-order chi connectivity index (χ1) is 21.5. The number of amides is 2. The van der Waals surface area contributed by atoms with Gasteiger partial charge in [-0.3, -0.25) is 13.9 Å². The maximum atomic E-state index is 14.3. The molecule has 0 heterocycles. The van der Waals surface area contributed by atoms with Crippen LogP contribution in [0.4, 0.5) is 14.5 Å². The zero-order valence-corrected chi connectivity index (χ0v) is 26.0. The number of carbonyl (C=O) groups excluding carboxylic acids is 2. The maximum Gasteiger partial charge on any atom is 0.264 e. The van der Waals surface area contributed by atoms with E-state index in [0.29, 0.717) is 11.3 Å². The highest BCUT2D eigenvalue weighted by Crippen LogP contribution is 2.26. The second kappa shape index (κ2) is 14.8. The molecule has 0 aliphatic rings. The van der Waals surface area contributed by atoms with Crippen molar-refractivity contribution in [2.45, 2.75) is 43.8 Å². The van der Waals surface area contributed by atoms with Crippen molar-refractivity contribution in [2.24, 2.45) is 0 Å². The molecule has 0 aromatic heterocycles. The Morgan fingerprint density at radius 1 is 0.800 bits per heavy atom. The largest absolute Gasteiger partial charge is 0.497 e. The number of rotatable bonds is 13. The number of carbonyl (C=O) groups is 2. The van der Waals surface area contributed by atoms with E-state index in [2.05, 4.69) is 5.32 Å². The summed E-state index contributed by atoms with van der Waals surface area (Å²) in [5.41, 5.74) is 1.36. The molecule has 2 amide bonds. The fourth-order valence-electron chi connectivity index (χ4n) is 4.73. The van der Waals surface area contributed by atoms with Crippen molar-refractivity contribution >= 4 is 27.5 Å². The minimum atomic E-state index is -4.37. The summed E-state index contributed by atoms with van der Waals surface area (Å²) in [7, 11) is -2.92. The Hall–Kier alpha value is -4.77. The van der Waals surface area contributed by atoms with Crippen molar-refractivity contribution in [1.29, 1.82) is 0 Å². The van der Waals surface area contributed by atoms with Gasteiger partial charge in [-0.15, -0.1) is 0 Å². The van der Waals surface area contributed by atoms with E-state index in [4.69, 9.17) is 4.74 Å². The van der Waals surface area contributed by atoms with Crippen molar-refractivity contribution in [3.63, 3.8) is 0 Å². The van der Waals surface area contributed by atoms with Crippen LogP contribution in [0.5, 0.6) is 5.75 Å². The molecule has 236 valence electrons. The number of hydrogen-bond acceptors (Lipinski definition) is 5. The highest BCUT2D eigenvalue weighted by Gasteiger charge is 2.35. The van der Waals surface area contributed by atoms with E-state index in [1.54, 1.807) is 13.8 Å². The smallest absolute Gasteiger partial charge is 0.264 e. The lowest BCUT2D eigenvalue weighted by molar-refractivity contribution is -0.140. The first-order valence-corrected chi connectivity index (χ1v) is 15.7. The minimum Gasteiger partial charge on any atom is -0.497 e. The molecule has 0 bridgehead atoms. The van der Waals surface area contributed by atoms with E-state index in [1.807, 2.05) is 30.3 Å². The number of anilines is 1. The van der Waals surface area contributed by atoms with Crippen LogP contribution in [0.1, 0.15) is 25.0 Å². The van der Waals surface area contributed by atoms with Gasteiger partial charge >= 0.3 is 0 Å². The molecule has 4 rings (SSSR count). The number of ether oxygens (including phenoxy) is 1. The van der Waals surface area contributed by atoms with E-state index >= 15 is 0 Å². The molecule has 1 N–H and O–H groups in total. The van der Waals surface area contributed by atoms with E-state index < -0.39 is 46.1 Å². The molecule has 4 aromatic rings. The molecule has 11 heteroatoms. The molecule has 8 nitrogen and oxygen atoms in total. The molecule has 0 fully saturated rings. The lowest BCUT2D eigenvalue weighted by atomic mass is 10.0. The topological polar surface area (TPSA) is 96.0 Å². The van der Waals surface area contributed by atoms with Crippen LogP contribution in [0.15, 0.2) is 108 Å². The number of nitrogens with one attached hydrogen (secondary N) is 1. The lowest BCUT2D eigenvalue weighted by Crippen LogP contribution is -2.54. The monoisotopic (exact) mass is 635 g/mol. The van der Waals surface area contributed by atoms with Crippen LogP contribution in [0, 0.1) is 11.6 Å². The van der Waals surface area contributed by atoms with Crippen LogP contribution in [0.2, 0.25) is 0 Å². The van der Waals surface area contributed by atoms with E-state index in [-0.39, 0.29) is 29.6 Å². The van der Waals surface area contributed by atoms with E-state index in [0.717, 1.165) is 22.0 Å². The molecule has 0 saturated carbocycles. The third kappa shape index (κ3) is 8.66. The first-order valence-electron chi connectivity index (χ1n) is 14.3. The average Bonchev–Trinajstić information content (AvgIpc) is 3.03. The van der Waals surface area contributed by atoms with Crippen molar-refractivity contribution in [3.05, 3.63) is 126 Å². The van der Waals surface area contributed by atoms with Gasteiger partial charge in [0, 0.05) is 19.0 Å². The van der Waals surface area contributed by atoms with Gasteiger partial charge in [0.2, 0.25) is 11.8 Å². The zero-order valence-electron chi connectivity index (χ0n) is 25.2. The Bertz CT molecular complexity index is 1680. The molecule has 0 radical (unpaired) electrons. The van der Waals surface area contributed by atoms with Crippen LogP contribution in [-0.4, -0.2) is 50.9 Å². The molecular weight excluding hydrogens is 600 g/mol. The van der Waals surface area contributed by atoms with Gasteiger partial charge in [-0.1, -0.05) is 42.5 Å². The second-order valence-electron chi connectivity index (χ2n) is 10.7. The van der Waals surface area contributed by atoms with Crippen LogP contribution in [0.25, 0.3) is 0 Å². The standard InChI is InChI=1S/C34H35F2N3O5S/c1-24(2)37-34(41)32(21-25-7-5-4-6-8-25)38(22-26-9-11-27(35)12-10-26)33(40)23-39(29-15-13-28(36)14-16-29)45(42,43)31-19-17-30(44-3)18-20-31/h4-20,24,32H,21-23H2,1-3H3,(H,37,41). The number of halogens is 2. The third-order valence-corrected chi connectivity index (χ3v) is 8.80. The summed E-state index contributed by atoms with van der Waals surface area (Å²) >= 11 is 0. The Morgan fingerprint density at radius 3 is 1.93 bits per heavy atom. The van der Waals surface area contributed by atoms with Crippen molar-refractivity contribution in [3.8, 4) is 5.75 Å². The van der Waals surface area contributed by atoms with Gasteiger partial charge in [0.25, 0.3) is 10.0 Å². The van der Waals surface area contributed by atoms with Gasteiger partial charge in [-0.05, 0) is 85.6 Å². The molecule has 0 aliphatic carbocycles. The van der Waals surface area contributed by atoms with Gasteiger partial charge in [-0.2, -0.15) is 0 Å². The summed E-state index contributed by atoms with van der Waals surface area (Å²) in [4.78, 5) is 29.2. The van der Waals surface area contributed by atoms with Crippen LogP contribution in [-0.2, 0) is 32.6 Å². The summed E-state index contributed by atoms with van der Waals surface area (Å²) in [5.74, 6) is -1.75. The normalized spacial score (nSPS) is 12.0. The van der Waals surface area contributed by atoms with Crippen LogP contribution < -0.4 is 14.4 Å². The Morgan fingerprint density at radius 2 is 1.38 bits per heavy atom. The summed E-state index contributed by atoms with van der Waals surface area (Å²) in [6.45, 7) is 2.77. The van der Waals surface area contributed by atoms with Crippen molar-refractivity contribution in [1.82, 2.24) is 10.2 Å². The maximum absolute atomic E-state index is 14.3. The number of hydrogen-bond donors (Lipinski definition) is 1. The number of sulfonamides is 1. The highest BCUT2D eigenvalue weighted by molar-refractivity contribution is 7.92. The fraction of sp³-hybridized carbons (Fsp3) is 0.235. The zero-order chi connectivity index (χ0) is 32.6. The summed E-state index contributed by atoms with van der Waals surface area (Å²) in [5, 5.41) is 2.87. The predicted molar refractivity (Wildman–Crippen MR) is 168 cm³/mol.